The zero-order chi connectivity index (χ0) is 21.6. The summed E-state index contributed by atoms with van der Waals surface area (Å²) in [6.07, 6.45) is 1.30. The van der Waals surface area contributed by atoms with Gasteiger partial charge in [0, 0.05) is 38.3 Å². The van der Waals surface area contributed by atoms with Gasteiger partial charge in [0.15, 0.2) is 5.69 Å². The Kier molecular flexibility index (Phi) is 7.29. The standard InChI is InChI=1S/C17H23N5O6S/c1-4-8-18-17(23)13-11-16(21(3)20-13)28-14-7-6-12(22(24)25)10-15(14)29(26,27)19-9-5-2/h6-7,10-11,19H,4-5,8-9H2,1-3H3,(H,18,23). The number of hydrogen-bond donors (Lipinski definition) is 2. The smallest absolute Gasteiger partial charge is 0.271 e. The number of benzene rings is 1. The van der Waals surface area contributed by atoms with E-state index in [1.54, 1.807) is 6.92 Å². The van der Waals surface area contributed by atoms with E-state index in [9.17, 15) is 23.3 Å². The molecular formula is C17H23N5O6S. The Balaban J connectivity index is 2.41. The van der Waals surface area contributed by atoms with E-state index in [-0.39, 0.29) is 34.5 Å². The zero-order valence-electron chi connectivity index (χ0n) is 16.3. The molecule has 0 aliphatic rings. The lowest BCUT2D eigenvalue weighted by Gasteiger charge is -2.12. The minimum Gasteiger partial charge on any atom is -0.438 e. The number of nitrogens with one attached hydrogen (secondary N) is 2. The average Bonchev–Trinajstić information content (AvgIpc) is 3.05. The van der Waals surface area contributed by atoms with Crippen LogP contribution in [0.15, 0.2) is 29.2 Å². The van der Waals surface area contributed by atoms with Crippen LogP contribution in [0.2, 0.25) is 0 Å². The molecule has 0 radical (unpaired) electrons. The highest BCUT2D eigenvalue weighted by Gasteiger charge is 2.24. The van der Waals surface area contributed by atoms with Gasteiger partial charge in [-0.1, -0.05) is 13.8 Å². The molecule has 2 aromatic rings. The number of carbonyl (C=O) groups is 1. The topological polar surface area (TPSA) is 145 Å². The number of amides is 1. The number of sulfonamides is 1. The first-order valence-electron chi connectivity index (χ1n) is 8.97. The fourth-order valence-electron chi connectivity index (χ4n) is 2.32. The number of hydrogen-bond acceptors (Lipinski definition) is 7. The Labute approximate surface area is 168 Å². The highest BCUT2D eigenvalue weighted by molar-refractivity contribution is 7.89. The van der Waals surface area contributed by atoms with Crippen LogP contribution in [0, 0.1) is 10.1 Å². The Morgan fingerprint density at radius 1 is 1.24 bits per heavy atom. The Bertz CT molecular complexity index is 1000. The summed E-state index contributed by atoms with van der Waals surface area (Å²) in [6, 6.07) is 4.63. The maximum atomic E-state index is 12.6. The average molecular weight is 425 g/mol. The summed E-state index contributed by atoms with van der Waals surface area (Å²) in [6.45, 7) is 4.35. The Hall–Kier alpha value is -2.99. The second kappa shape index (κ2) is 9.47. The molecule has 0 spiro atoms. The minimum atomic E-state index is -4.05. The van der Waals surface area contributed by atoms with E-state index in [1.165, 1.54) is 23.9 Å². The predicted molar refractivity (Wildman–Crippen MR) is 104 cm³/mol. The van der Waals surface area contributed by atoms with Gasteiger partial charge in [0.25, 0.3) is 11.6 Å². The maximum absolute atomic E-state index is 12.6. The van der Waals surface area contributed by atoms with Gasteiger partial charge in [0.2, 0.25) is 15.9 Å². The quantitative estimate of drug-likeness (QED) is 0.437. The van der Waals surface area contributed by atoms with Gasteiger partial charge in [-0.05, 0) is 18.9 Å². The molecule has 0 atom stereocenters. The molecule has 12 heteroatoms. The largest absolute Gasteiger partial charge is 0.438 e. The van der Waals surface area contributed by atoms with Gasteiger partial charge in [-0.3, -0.25) is 14.9 Å². The number of non-ortho nitro benzene ring substituents is 1. The number of aryl methyl sites for hydroxylation is 1. The number of nitro benzene ring substituents is 1. The number of nitro groups is 1. The summed E-state index contributed by atoms with van der Waals surface area (Å²) in [5.41, 5.74) is -0.287. The van der Waals surface area contributed by atoms with Crippen LogP contribution in [0.5, 0.6) is 11.6 Å². The van der Waals surface area contributed by atoms with Gasteiger partial charge >= 0.3 is 0 Å². The molecule has 158 valence electrons. The summed E-state index contributed by atoms with van der Waals surface area (Å²) in [5, 5.41) is 17.8. The van der Waals surface area contributed by atoms with Crippen LogP contribution in [-0.2, 0) is 17.1 Å². The van der Waals surface area contributed by atoms with E-state index in [2.05, 4.69) is 15.1 Å². The molecule has 0 saturated heterocycles. The van der Waals surface area contributed by atoms with Crippen LogP contribution in [0.25, 0.3) is 0 Å². The molecule has 1 aromatic carbocycles. The highest BCUT2D eigenvalue weighted by atomic mass is 32.2. The molecule has 29 heavy (non-hydrogen) atoms. The molecule has 1 heterocycles. The zero-order valence-corrected chi connectivity index (χ0v) is 17.2. The normalized spacial score (nSPS) is 11.3. The van der Waals surface area contributed by atoms with Crippen molar-refractivity contribution in [2.75, 3.05) is 13.1 Å². The van der Waals surface area contributed by atoms with Crippen molar-refractivity contribution < 1.29 is 22.9 Å². The number of rotatable bonds is 10. The van der Waals surface area contributed by atoms with Crippen molar-refractivity contribution in [1.29, 1.82) is 0 Å². The van der Waals surface area contributed by atoms with Gasteiger partial charge in [0.1, 0.15) is 10.6 Å². The third-order valence-corrected chi connectivity index (χ3v) is 5.27. The molecule has 0 fully saturated rings. The predicted octanol–water partition coefficient (Wildman–Crippen LogP) is 1.95. The van der Waals surface area contributed by atoms with E-state index in [0.29, 0.717) is 13.0 Å². The molecule has 0 bridgehead atoms. The second-order valence-corrected chi connectivity index (χ2v) is 7.87. The lowest BCUT2D eigenvalue weighted by atomic mass is 10.3. The summed E-state index contributed by atoms with van der Waals surface area (Å²) < 4.78 is 34.5. The third kappa shape index (κ3) is 5.51. The highest BCUT2D eigenvalue weighted by Crippen LogP contribution is 2.32. The van der Waals surface area contributed by atoms with Crippen molar-refractivity contribution in [3.05, 3.63) is 40.1 Å². The van der Waals surface area contributed by atoms with Crippen LogP contribution in [0.1, 0.15) is 37.2 Å². The number of nitrogens with zero attached hydrogens (tertiary/aromatic N) is 3. The van der Waals surface area contributed by atoms with Crippen LogP contribution >= 0.6 is 0 Å². The first kappa shape index (κ1) is 22.3. The monoisotopic (exact) mass is 425 g/mol. The van der Waals surface area contributed by atoms with Crippen molar-refractivity contribution in [2.24, 2.45) is 7.05 Å². The van der Waals surface area contributed by atoms with Crippen LogP contribution in [-0.4, -0.2) is 42.1 Å². The Morgan fingerprint density at radius 2 is 1.93 bits per heavy atom. The lowest BCUT2D eigenvalue weighted by Crippen LogP contribution is -2.25. The molecular weight excluding hydrogens is 402 g/mol. The fraction of sp³-hybridized carbons (Fsp3) is 0.412. The van der Waals surface area contributed by atoms with Gasteiger partial charge in [-0.2, -0.15) is 5.10 Å². The van der Waals surface area contributed by atoms with Crippen LogP contribution < -0.4 is 14.8 Å². The van der Waals surface area contributed by atoms with Crippen molar-refractivity contribution in [3.63, 3.8) is 0 Å². The van der Waals surface area contributed by atoms with E-state index in [1.807, 2.05) is 6.92 Å². The molecule has 1 aromatic heterocycles. The van der Waals surface area contributed by atoms with Gasteiger partial charge in [-0.15, -0.1) is 0 Å². The van der Waals surface area contributed by atoms with Gasteiger partial charge in [-0.25, -0.2) is 17.8 Å². The van der Waals surface area contributed by atoms with E-state index < -0.39 is 20.9 Å². The first-order valence-corrected chi connectivity index (χ1v) is 10.5. The summed E-state index contributed by atoms with van der Waals surface area (Å²) in [4.78, 5) is 22.1. The number of ether oxygens (including phenoxy) is 1. The first-order chi connectivity index (χ1) is 13.7. The molecule has 2 rings (SSSR count). The van der Waals surface area contributed by atoms with E-state index in [4.69, 9.17) is 4.74 Å². The summed E-state index contributed by atoms with van der Waals surface area (Å²) >= 11 is 0. The van der Waals surface area contributed by atoms with Crippen molar-refractivity contribution in [2.45, 2.75) is 31.6 Å². The maximum Gasteiger partial charge on any atom is 0.271 e. The molecule has 2 N–H and O–H groups in total. The van der Waals surface area contributed by atoms with Crippen molar-refractivity contribution >= 4 is 21.6 Å². The van der Waals surface area contributed by atoms with Crippen molar-refractivity contribution in [3.8, 4) is 11.6 Å². The number of aromatic nitrogens is 2. The van der Waals surface area contributed by atoms with E-state index in [0.717, 1.165) is 18.6 Å². The third-order valence-electron chi connectivity index (χ3n) is 3.79. The molecule has 0 saturated carbocycles. The fourth-order valence-corrected chi connectivity index (χ4v) is 3.60. The van der Waals surface area contributed by atoms with Gasteiger partial charge in [0.05, 0.1) is 4.92 Å². The molecule has 1 amide bonds. The van der Waals surface area contributed by atoms with Gasteiger partial charge < -0.3 is 10.1 Å². The van der Waals surface area contributed by atoms with Crippen LogP contribution in [0.4, 0.5) is 5.69 Å². The Morgan fingerprint density at radius 3 is 2.55 bits per heavy atom. The summed E-state index contributed by atoms with van der Waals surface area (Å²) in [5.74, 6) is -0.409. The van der Waals surface area contributed by atoms with E-state index >= 15 is 0 Å². The molecule has 11 nitrogen and oxygen atoms in total. The van der Waals surface area contributed by atoms with Crippen LogP contribution in [0.3, 0.4) is 0 Å². The lowest BCUT2D eigenvalue weighted by molar-refractivity contribution is -0.385. The minimum absolute atomic E-state index is 0.103. The molecule has 0 unspecified atom stereocenters. The molecule has 0 aliphatic heterocycles. The summed E-state index contributed by atoms with van der Waals surface area (Å²) in [7, 11) is -2.52. The second-order valence-electron chi connectivity index (χ2n) is 6.14. The van der Waals surface area contributed by atoms with Crippen molar-refractivity contribution in [1.82, 2.24) is 19.8 Å². The number of carbonyl (C=O) groups excluding carboxylic acids is 1. The SMILES string of the molecule is CCCNC(=O)c1cc(Oc2ccc([N+](=O)[O-])cc2S(=O)(=O)NCCC)n(C)n1. The molecule has 0 aliphatic carbocycles.